The van der Waals surface area contributed by atoms with Crippen LogP contribution in [0, 0.1) is 5.82 Å². The number of amidine groups is 1. The second-order valence-corrected chi connectivity index (χ2v) is 7.85. The number of benzene rings is 2. The van der Waals surface area contributed by atoms with E-state index in [-0.39, 0.29) is 11.7 Å². The van der Waals surface area contributed by atoms with Crippen LogP contribution in [0.4, 0.5) is 10.1 Å². The number of thioether (sulfide) groups is 1. The number of aryl methyl sites for hydroxylation is 1. The van der Waals surface area contributed by atoms with Crippen LogP contribution in [0.2, 0.25) is 0 Å². The summed E-state index contributed by atoms with van der Waals surface area (Å²) in [5.74, 6) is 0.549. The predicted molar refractivity (Wildman–Crippen MR) is 120 cm³/mol. The topological polar surface area (TPSA) is 76.3 Å². The molecule has 3 aromatic rings. The number of carbonyl (C=O) groups is 1. The van der Waals surface area contributed by atoms with Gasteiger partial charge in [0.15, 0.2) is 11.0 Å². The van der Waals surface area contributed by atoms with Gasteiger partial charge < -0.3 is 0 Å². The van der Waals surface area contributed by atoms with E-state index in [2.05, 4.69) is 27.4 Å². The van der Waals surface area contributed by atoms with E-state index in [4.69, 9.17) is 0 Å². The molecular weight excluding hydrogens is 415 g/mol. The molecule has 0 bridgehead atoms. The molecule has 0 spiro atoms. The molecule has 1 aliphatic rings. The zero-order valence-electron chi connectivity index (χ0n) is 17.0. The second kappa shape index (κ2) is 9.65. The first-order valence-corrected chi connectivity index (χ1v) is 11.0. The third-order valence-corrected chi connectivity index (χ3v) is 5.61. The molecule has 7 nitrogen and oxygen atoms in total. The van der Waals surface area contributed by atoms with Gasteiger partial charge in [-0.1, -0.05) is 55.4 Å². The van der Waals surface area contributed by atoms with Crippen LogP contribution in [0.25, 0.3) is 6.08 Å². The fourth-order valence-corrected chi connectivity index (χ4v) is 4.00. The van der Waals surface area contributed by atoms with E-state index in [1.807, 2.05) is 30.3 Å². The summed E-state index contributed by atoms with van der Waals surface area (Å²) in [5.41, 5.74) is 1.76. The van der Waals surface area contributed by atoms with Crippen LogP contribution in [-0.2, 0) is 17.1 Å². The number of carbonyl (C=O) groups excluding carboxylic acids is 1. The highest BCUT2D eigenvalue weighted by molar-refractivity contribution is 8.13. The molecule has 1 amide bonds. The molecular formula is C22H21FN6OS. The molecule has 31 heavy (non-hydrogen) atoms. The molecule has 0 saturated heterocycles. The average Bonchev–Trinajstić information content (AvgIpc) is 3.36. The van der Waals surface area contributed by atoms with Gasteiger partial charge in [-0.15, -0.1) is 5.10 Å². The Morgan fingerprint density at radius 1 is 1.10 bits per heavy atom. The van der Waals surface area contributed by atoms with E-state index in [1.165, 1.54) is 28.8 Å². The highest BCUT2D eigenvalue weighted by atomic mass is 32.2. The predicted octanol–water partition coefficient (Wildman–Crippen LogP) is 4.29. The minimum Gasteiger partial charge on any atom is -0.266 e. The van der Waals surface area contributed by atoms with Gasteiger partial charge in [-0.3, -0.25) is 9.69 Å². The Morgan fingerprint density at radius 3 is 2.61 bits per heavy atom. The van der Waals surface area contributed by atoms with Crippen molar-refractivity contribution in [1.82, 2.24) is 20.2 Å². The zero-order chi connectivity index (χ0) is 21.6. The Kier molecular flexibility index (Phi) is 6.51. The molecule has 2 heterocycles. The van der Waals surface area contributed by atoms with Crippen molar-refractivity contribution in [2.24, 2.45) is 4.99 Å². The summed E-state index contributed by atoms with van der Waals surface area (Å²) in [6, 6.07) is 15.3. The van der Waals surface area contributed by atoms with Crippen molar-refractivity contribution in [3.63, 3.8) is 0 Å². The van der Waals surface area contributed by atoms with Crippen LogP contribution >= 0.6 is 11.8 Å². The van der Waals surface area contributed by atoms with Crippen LogP contribution in [0.3, 0.4) is 0 Å². The van der Waals surface area contributed by atoms with Gasteiger partial charge in [0, 0.05) is 6.54 Å². The van der Waals surface area contributed by atoms with Gasteiger partial charge >= 0.3 is 0 Å². The van der Waals surface area contributed by atoms with Crippen LogP contribution in [0.15, 0.2) is 65.3 Å². The number of nitrogens with zero attached hydrogens (tertiary/aromatic N) is 6. The summed E-state index contributed by atoms with van der Waals surface area (Å²) in [5, 5.41) is 12.4. The van der Waals surface area contributed by atoms with Gasteiger partial charge in [-0.05, 0) is 52.8 Å². The number of tetrazole rings is 1. The van der Waals surface area contributed by atoms with Gasteiger partial charge in [-0.2, -0.15) is 0 Å². The van der Waals surface area contributed by atoms with Crippen LogP contribution in [0.1, 0.15) is 31.2 Å². The number of aliphatic imine (C=N–C) groups is 1. The SMILES string of the molecule is CCCCn1nnnc1CSC1=N/C(=C\c2ccccc2)C(=O)N1c1ccc(F)cc1. The fourth-order valence-electron chi connectivity index (χ4n) is 3.06. The van der Waals surface area contributed by atoms with Crippen molar-refractivity contribution in [2.75, 3.05) is 4.90 Å². The number of rotatable bonds is 7. The summed E-state index contributed by atoms with van der Waals surface area (Å²) in [6.45, 7) is 2.85. The number of anilines is 1. The van der Waals surface area contributed by atoms with Gasteiger partial charge in [0.25, 0.3) is 5.91 Å². The molecule has 4 rings (SSSR count). The number of unbranched alkanes of at least 4 members (excludes halogenated alkanes) is 1. The van der Waals surface area contributed by atoms with Crippen LogP contribution in [-0.4, -0.2) is 31.3 Å². The molecule has 2 aromatic carbocycles. The van der Waals surface area contributed by atoms with Crippen molar-refractivity contribution in [3.8, 4) is 0 Å². The number of amides is 1. The smallest absolute Gasteiger partial charge is 0.266 e. The van der Waals surface area contributed by atoms with Gasteiger partial charge in [0.1, 0.15) is 11.5 Å². The summed E-state index contributed by atoms with van der Waals surface area (Å²) in [7, 11) is 0. The van der Waals surface area contributed by atoms with Crippen molar-refractivity contribution >= 4 is 34.6 Å². The number of hydrogen-bond acceptors (Lipinski definition) is 6. The van der Waals surface area contributed by atoms with Crippen molar-refractivity contribution in [1.29, 1.82) is 0 Å². The normalized spacial score (nSPS) is 15.0. The standard InChI is InChI=1S/C22H21FN6OS/c1-2-3-13-28-20(25-26-27-28)15-31-22-24-19(14-16-7-5-4-6-8-16)21(30)29(22)18-11-9-17(23)10-12-18/h4-12,14H,2-3,13,15H2,1H3/b19-14-. The molecule has 0 atom stereocenters. The van der Waals surface area contributed by atoms with Gasteiger partial charge in [-0.25, -0.2) is 14.1 Å². The van der Waals surface area contributed by atoms with Crippen LogP contribution < -0.4 is 4.90 Å². The monoisotopic (exact) mass is 436 g/mol. The lowest BCUT2D eigenvalue weighted by molar-refractivity contribution is -0.113. The number of hydrogen-bond donors (Lipinski definition) is 0. The second-order valence-electron chi connectivity index (χ2n) is 6.91. The minimum absolute atomic E-state index is 0.261. The van der Waals surface area contributed by atoms with Gasteiger partial charge in [0.2, 0.25) is 0 Å². The summed E-state index contributed by atoms with van der Waals surface area (Å²) < 4.78 is 15.2. The minimum atomic E-state index is -0.364. The molecule has 158 valence electrons. The van der Waals surface area contributed by atoms with Crippen molar-refractivity contribution < 1.29 is 9.18 Å². The van der Waals surface area contributed by atoms with Crippen molar-refractivity contribution in [2.45, 2.75) is 32.1 Å². The quantitative estimate of drug-likeness (QED) is 0.517. The number of halogens is 1. The first kappa shape index (κ1) is 20.9. The summed E-state index contributed by atoms with van der Waals surface area (Å²) in [4.78, 5) is 19.2. The molecule has 1 aliphatic heterocycles. The van der Waals surface area contributed by atoms with Gasteiger partial charge in [0.05, 0.1) is 11.4 Å². The Labute approximate surface area is 183 Å². The van der Waals surface area contributed by atoms with E-state index in [0.717, 1.165) is 24.9 Å². The lowest BCUT2D eigenvalue weighted by atomic mass is 10.2. The fraction of sp³-hybridized carbons (Fsp3) is 0.227. The molecule has 0 N–H and O–H groups in total. The summed E-state index contributed by atoms with van der Waals surface area (Å²) >= 11 is 1.37. The van der Waals surface area contributed by atoms with E-state index >= 15 is 0 Å². The lowest BCUT2D eigenvalue weighted by Gasteiger charge is -2.17. The third kappa shape index (κ3) is 4.88. The molecule has 9 heteroatoms. The van der Waals surface area contributed by atoms with E-state index in [0.29, 0.717) is 28.1 Å². The first-order chi connectivity index (χ1) is 15.2. The first-order valence-electron chi connectivity index (χ1n) is 9.99. The largest absolute Gasteiger partial charge is 0.283 e. The van der Waals surface area contributed by atoms with E-state index in [1.54, 1.807) is 22.9 Å². The Morgan fingerprint density at radius 2 is 1.87 bits per heavy atom. The maximum atomic E-state index is 13.4. The van der Waals surface area contributed by atoms with E-state index < -0.39 is 0 Å². The lowest BCUT2D eigenvalue weighted by Crippen LogP contribution is -2.30. The highest BCUT2D eigenvalue weighted by Crippen LogP contribution is 2.30. The number of aromatic nitrogens is 4. The van der Waals surface area contributed by atoms with E-state index in [9.17, 15) is 9.18 Å². The molecule has 0 fully saturated rings. The maximum Gasteiger partial charge on any atom is 0.283 e. The Balaban J connectivity index is 1.61. The Hall–Kier alpha value is -3.33. The average molecular weight is 437 g/mol. The Bertz CT molecular complexity index is 1110. The third-order valence-electron chi connectivity index (χ3n) is 4.68. The summed E-state index contributed by atoms with van der Waals surface area (Å²) in [6.07, 6.45) is 3.77. The van der Waals surface area contributed by atoms with Crippen molar-refractivity contribution in [3.05, 3.63) is 77.5 Å². The molecule has 1 aromatic heterocycles. The molecule has 0 saturated carbocycles. The maximum absolute atomic E-state index is 13.4. The molecule has 0 radical (unpaired) electrons. The molecule has 0 unspecified atom stereocenters. The highest BCUT2D eigenvalue weighted by Gasteiger charge is 2.32. The van der Waals surface area contributed by atoms with Crippen LogP contribution in [0.5, 0.6) is 0 Å². The zero-order valence-corrected chi connectivity index (χ0v) is 17.8. The molecule has 0 aliphatic carbocycles.